The van der Waals surface area contributed by atoms with E-state index in [9.17, 15) is 9.18 Å². The number of anilines is 1. The van der Waals surface area contributed by atoms with Crippen molar-refractivity contribution in [1.82, 2.24) is 14.8 Å². The largest absolute Gasteiger partial charge is 0.398 e. The highest BCUT2D eigenvalue weighted by atomic mass is 19.1. The Morgan fingerprint density at radius 3 is 2.87 bits per heavy atom. The Kier molecular flexibility index (Phi) is 4.47. The number of halogens is 1. The van der Waals surface area contributed by atoms with E-state index in [4.69, 9.17) is 10.5 Å². The molecule has 1 unspecified atom stereocenters. The molecule has 1 atom stereocenters. The van der Waals surface area contributed by atoms with Crippen LogP contribution in [0.5, 0.6) is 0 Å². The fraction of sp³-hybridized carbons (Fsp3) is 0.261. The Bertz CT molecular complexity index is 1290. The number of carbonyl (C=O) groups is 1. The molecule has 0 radical (unpaired) electrons. The highest BCUT2D eigenvalue weighted by molar-refractivity contribution is 6.20. The van der Waals surface area contributed by atoms with Gasteiger partial charge in [0.15, 0.2) is 11.6 Å². The molecule has 0 bridgehead atoms. The zero-order valence-electron chi connectivity index (χ0n) is 16.6. The molecule has 1 aliphatic heterocycles. The lowest BCUT2D eigenvalue weighted by molar-refractivity contribution is -0.0391. The topological polar surface area (TPSA) is 83.0 Å². The van der Waals surface area contributed by atoms with Gasteiger partial charge < -0.3 is 10.5 Å². The molecule has 2 aromatic carbocycles. The number of ketones is 1. The van der Waals surface area contributed by atoms with E-state index in [0.29, 0.717) is 28.8 Å². The molecule has 5 rings (SSSR count). The van der Waals surface area contributed by atoms with Crippen molar-refractivity contribution in [3.8, 4) is 0 Å². The Morgan fingerprint density at radius 1 is 1.20 bits per heavy atom. The first-order valence-corrected chi connectivity index (χ1v) is 10.0. The highest BCUT2D eigenvalue weighted by Gasteiger charge is 2.23. The summed E-state index contributed by atoms with van der Waals surface area (Å²) in [6.45, 7) is 2.54. The standard InChI is InChI=1S/C23H21FN4O2/c1-13-11-16(20(25)15-5-4-9-26-21(13)15)23(29)14-7-8-18(24)22-17(14)12-28(27-22)19-6-2-3-10-30-19/h4-5,7-9,11-12,19H,2-3,6,10,25H2,1H3. The third kappa shape index (κ3) is 2.93. The molecule has 30 heavy (non-hydrogen) atoms. The van der Waals surface area contributed by atoms with Crippen molar-refractivity contribution in [2.75, 3.05) is 12.3 Å². The van der Waals surface area contributed by atoms with E-state index < -0.39 is 5.82 Å². The Labute approximate surface area is 172 Å². The molecular weight excluding hydrogens is 383 g/mol. The van der Waals surface area contributed by atoms with E-state index in [1.165, 1.54) is 12.1 Å². The number of ether oxygens (including phenoxy) is 1. The normalized spacial score (nSPS) is 16.9. The third-order valence-corrected chi connectivity index (χ3v) is 5.71. The van der Waals surface area contributed by atoms with Crippen LogP contribution in [0.2, 0.25) is 0 Å². The van der Waals surface area contributed by atoms with Crippen molar-refractivity contribution in [2.45, 2.75) is 32.4 Å². The van der Waals surface area contributed by atoms with Gasteiger partial charge >= 0.3 is 0 Å². The fourth-order valence-electron chi connectivity index (χ4n) is 4.15. The van der Waals surface area contributed by atoms with Crippen molar-refractivity contribution in [3.05, 3.63) is 65.2 Å². The fourth-order valence-corrected chi connectivity index (χ4v) is 4.15. The number of fused-ring (bicyclic) bond motifs is 2. The van der Waals surface area contributed by atoms with Crippen LogP contribution in [0.25, 0.3) is 21.8 Å². The quantitative estimate of drug-likeness (QED) is 0.400. The van der Waals surface area contributed by atoms with Crippen LogP contribution in [-0.4, -0.2) is 27.2 Å². The summed E-state index contributed by atoms with van der Waals surface area (Å²) in [5.41, 5.74) is 9.23. The molecule has 6 nitrogen and oxygen atoms in total. The molecule has 3 heterocycles. The number of nitrogen functional groups attached to an aromatic ring is 1. The van der Waals surface area contributed by atoms with Gasteiger partial charge in [-0.25, -0.2) is 9.07 Å². The third-order valence-electron chi connectivity index (χ3n) is 5.71. The molecule has 1 saturated heterocycles. The predicted octanol–water partition coefficient (Wildman–Crippen LogP) is 4.54. The van der Waals surface area contributed by atoms with Gasteiger partial charge in [0.05, 0.1) is 11.2 Å². The van der Waals surface area contributed by atoms with Gasteiger partial charge in [-0.15, -0.1) is 0 Å². The minimum absolute atomic E-state index is 0.160. The van der Waals surface area contributed by atoms with Crippen LogP contribution in [-0.2, 0) is 4.74 Å². The lowest BCUT2D eigenvalue weighted by atomic mass is 9.95. The van der Waals surface area contributed by atoms with Crippen LogP contribution >= 0.6 is 0 Å². The lowest BCUT2D eigenvalue weighted by Crippen LogP contribution is -2.18. The number of hydrogen-bond acceptors (Lipinski definition) is 5. The van der Waals surface area contributed by atoms with Gasteiger partial charge in [-0.2, -0.15) is 5.10 Å². The Balaban J connectivity index is 1.65. The van der Waals surface area contributed by atoms with Crippen LogP contribution in [0.4, 0.5) is 10.1 Å². The first kappa shape index (κ1) is 18.7. The van der Waals surface area contributed by atoms with E-state index in [1.807, 2.05) is 13.0 Å². The monoisotopic (exact) mass is 404 g/mol. The maximum absolute atomic E-state index is 14.5. The summed E-state index contributed by atoms with van der Waals surface area (Å²) in [5, 5.41) is 5.57. The molecule has 0 aliphatic carbocycles. The minimum atomic E-state index is -0.469. The molecule has 1 fully saturated rings. The molecule has 0 amide bonds. The summed E-state index contributed by atoms with van der Waals surface area (Å²) in [6, 6.07) is 8.16. The SMILES string of the molecule is Cc1cc(C(=O)c2ccc(F)c3nn(C4CCCCO4)cc23)c(N)c2cccnc12. The van der Waals surface area contributed by atoms with Crippen LogP contribution in [0.15, 0.2) is 42.7 Å². The average molecular weight is 404 g/mol. The second kappa shape index (κ2) is 7.18. The smallest absolute Gasteiger partial charge is 0.195 e. The van der Waals surface area contributed by atoms with Crippen LogP contribution in [0.3, 0.4) is 0 Å². The number of carbonyl (C=O) groups excluding carboxylic acids is 1. The van der Waals surface area contributed by atoms with Crippen molar-refractivity contribution < 1.29 is 13.9 Å². The average Bonchev–Trinajstić information content (AvgIpc) is 3.23. The number of rotatable bonds is 3. The van der Waals surface area contributed by atoms with Crippen molar-refractivity contribution >= 4 is 33.3 Å². The van der Waals surface area contributed by atoms with Gasteiger partial charge in [-0.3, -0.25) is 9.78 Å². The van der Waals surface area contributed by atoms with E-state index in [0.717, 1.165) is 35.7 Å². The first-order valence-electron chi connectivity index (χ1n) is 10.0. The maximum atomic E-state index is 14.5. The Morgan fingerprint density at radius 2 is 2.07 bits per heavy atom. The van der Waals surface area contributed by atoms with Gasteiger partial charge in [-0.05, 0) is 62.1 Å². The van der Waals surface area contributed by atoms with E-state index in [-0.39, 0.29) is 17.5 Å². The molecule has 2 aromatic heterocycles. The second-order valence-corrected chi connectivity index (χ2v) is 7.67. The number of aromatic nitrogens is 3. The molecule has 4 aromatic rings. The second-order valence-electron chi connectivity index (χ2n) is 7.67. The van der Waals surface area contributed by atoms with E-state index >= 15 is 0 Å². The number of nitrogens with zero attached hydrogens (tertiary/aromatic N) is 3. The Hall–Kier alpha value is -3.32. The van der Waals surface area contributed by atoms with E-state index in [1.54, 1.807) is 29.2 Å². The van der Waals surface area contributed by atoms with Gasteiger partial charge in [0.1, 0.15) is 11.7 Å². The lowest BCUT2D eigenvalue weighted by Gasteiger charge is -2.22. The molecule has 1 aliphatic rings. The van der Waals surface area contributed by atoms with Crippen molar-refractivity contribution in [2.24, 2.45) is 0 Å². The van der Waals surface area contributed by atoms with Crippen molar-refractivity contribution in [1.29, 1.82) is 0 Å². The van der Waals surface area contributed by atoms with Gasteiger partial charge in [0.2, 0.25) is 0 Å². The van der Waals surface area contributed by atoms with Crippen molar-refractivity contribution in [3.63, 3.8) is 0 Å². The van der Waals surface area contributed by atoms with Gasteiger partial charge in [-0.1, -0.05) is 0 Å². The summed E-state index contributed by atoms with van der Waals surface area (Å²) in [5.74, 6) is -0.738. The van der Waals surface area contributed by atoms with Gasteiger partial charge in [0, 0.05) is 40.9 Å². The minimum Gasteiger partial charge on any atom is -0.398 e. The zero-order chi connectivity index (χ0) is 20.8. The summed E-state index contributed by atoms with van der Waals surface area (Å²) in [4.78, 5) is 17.8. The number of benzene rings is 2. The summed E-state index contributed by atoms with van der Waals surface area (Å²) < 4.78 is 21.9. The highest BCUT2D eigenvalue weighted by Crippen LogP contribution is 2.32. The molecular formula is C23H21FN4O2. The number of aryl methyl sites for hydroxylation is 1. The predicted molar refractivity (Wildman–Crippen MR) is 113 cm³/mol. The van der Waals surface area contributed by atoms with Gasteiger partial charge in [0.25, 0.3) is 0 Å². The maximum Gasteiger partial charge on any atom is 0.195 e. The molecule has 7 heteroatoms. The molecule has 0 saturated carbocycles. The van der Waals surface area contributed by atoms with Crippen LogP contribution in [0, 0.1) is 12.7 Å². The van der Waals surface area contributed by atoms with Crippen LogP contribution < -0.4 is 5.73 Å². The number of pyridine rings is 1. The van der Waals surface area contributed by atoms with Crippen LogP contribution in [0.1, 0.15) is 47.0 Å². The molecule has 2 N–H and O–H groups in total. The number of hydrogen-bond donors (Lipinski definition) is 1. The molecule has 152 valence electrons. The zero-order valence-corrected chi connectivity index (χ0v) is 16.6. The molecule has 0 spiro atoms. The first-order chi connectivity index (χ1) is 14.5. The summed E-state index contributed by atoms with van der Waals surface area (Å²) in [7, 11) is 0. The summed E-state index contributed by atoms with van der Waals surface area (Å²) in [6.07, 6.45) is 5.99. The summed E-state index contributed by atoms with van der Waals surface area (Å²) >= 11 is 0. The number of nitrogens with two attached hydrogens (primary N) is 1. The van der Waals surface area contributed by atoms with E-state index in [2.05, 4.69) is 10.1 Å².